The summed E-state index contributed by atoms with van der Waals surface area (Å²) in [5.74, 6) is 0.638. The van der Waals surface area contributed by atoms with Crippen molar-refractivity contribution in [1.29, 1.82) is 0 Å². The van der Waals surface area contributed by atoms with Gasteiger partial charge < -0.3 is 14.8 Å². The fraction of sp³-hybridized carbons (Fsp3) is 0.316. The Bertz CT molecular complexity index is 942. The molecule has 0 atom stereocenters. The lowest BCUT2D eigenvalue weighted by molar-refractivity contribution is 0.101. The van der Waals surface area contributed by atoms with Gasteiger partial charge in [-0.05, 0) is 42.7 Å². The van der Waals surface area contributed by atoms with Crippen LogP contribution in [0.2, 0.25) is 0 Å². The van der Waals surface area contributed by atoms with Crippen molar-refractivity contribution >= 4 is 28.4 Å². The van der Waals surface area contributed by atoms with Crippen LogP contribution in [-0.4, -0.2) is 34.5 Å². The van der Waals surface area contributed by atoms with E-state index in [1.165, 1.54) is 17.5 Å². The Balaban J connectivity index is 1.97. The third-order valence-corrected chi connectivity index (χ3v) is 4.45. The molecule has 0 saturated carbocycles. The molecule has 6 nitrogen and oxygen atoms in total. The van der Waals surface area contributed by atoms with Crippen LogP contribution in [0.15, 0.2) is 30.6 Å². The highest BCUT2D eigenvalue weighted by atomic mass is 16.1. The molecular weight excluding hydrogens is 314 g/mol. The first-order valence-electron chi connectivity index (χ1n) is 8.31. The van der Waals surface area contributed by atoms with E-state index in [9.17, 15) is 4.79 Å². The second-order valence-corrected chi connectivity index (χ2v) is 6.37. The molecule has 3 rings (SSSR count). The second-order valence-electron chi connectivity index (χ2n) is 6.37. The Kier molecular flexibility index (Phi) is 4.44. The summed E-state index contributed by atoms with van der Waals surface area (Å²) in [6.45, 7) is 4.19. The van der Waals surface area contributed by atoms with Crippen LogP contribution in [0.3, 0.4) is 0 Å². The summed E-state index contributed by atoms with van der Waals surface area (Å²) < 4.78 is 1.80. The standard InChI is InChI=1S/C19H23N5O/c1-6-13-9-14(8-7-12(13)2)22-19(25)16-10-15-17(23(3)4)20-11-21-18(15)24(16)5/h7-11H,6H2,1-5H3,(H,22,25). The lowest BCUT2D eigenvalue weighted by Gasteiger charge is -2.11. The lowest BCUT2D eigenvalue weighted by atomic mass is 10.1. The van der Waals surface area contributed by atoms with Crippen LogP contribution in [0.1, 0.15) is 28.5 Å². The zero-order valence-corrected chi connectivity index (χ0v) is 15.3. The van der Waals surface area contributed by atoms with Gasteiger partial charge in [-0.1, -0.05) is 13.0 Å². The van der Waals surface area contributed by atoms with Gasteiger partial charge >= 0.3 is 0 Å². The summed E-state index contributed by atoms with van der Waals surface area (Å²) in [6, 6.07) is 7.83. The Morgan fingerprint density at radius 2 is 2.00 bits per heavy atom. The molecule has 0 radical (unpaired) electrons. The molecule has 25 heavy (non-hydrogen) atoms. The SMILES string of the molecule is CCc1cc(NC(=O)c2cc3c(N(C)C)ncnc3n2C)ccc1C. The largest absolute Gasteiger partial charge is 0.362 e. The van der Waals surface area contributed by atoms with Gasteiger partial charge in [-0.25, -0.2) is 9.97 Å². The molecule has 0 bridgehead atoms. The summed E-state index contributed by atoms with van der Waals surface area (Å²) >= 11 is 0. The summed E-state index contributed by atoms with van der Waals surface area (Å²) in [6.07, 6.45) is 2.46. The quantitative estimate of drug-likeness (QED) is 0.794. The van der Waals surface area contributed by atoms with Crippen LogP contribution in [0.25, 0.3) is 11.0 Å². The zero-order chi connectivity index (χ0) is 18.1. The average molecular weight is 337 g/mol. The third-order valence-electron chi connectivity index (χ3n) is 4.45. The number of carbonyl (C=O) groups is 1. The number of aryl methyl sites for hydroxylation is 3. The summed E-state index contributed by atoms with van der Waals surface area (Å²) in [7, 11) is 5.69. The van der Waals surface area contributed by atoms with Crippen LogP contribution >= 0.6 is 0 Å². The molecule has 6 heteroatoms. The Labute approximate surface area is 147 Å². The number of amides is 1. The van der Waals surface area contributed by atoms with Crippen molar-refractivity contribution in [1.82, 2.24) is 14.5 Å². The number of nitrogens with one attached hydrogen (secondary N) is 1. The molecule has 1 N–H and O–H groups in total. The molecule has 0 aliphatic carbocycles. The third kappa shape index (κ3) is 3.07. The lowest BCUT2D eigenvalue weighted by Crippen LogP contribution is -2.15. The van der Waals surface area contributed by atoms with E-state index in [-0.39, 0.29) is 5.91 Å². The number of anilines is 2. The smallest absolute Gasteiger partial charge is 0.272 e. The molecule has 0 spiro atoms. The first kappa shape index (κ1) is 17.0. The maximum Gasteiger partial charge on any atom is 0.272 e. The molecular formula is C19H23N5O. The van der Waals surface area contributed by atoms with Crippen LogP contribution < -0.4 is 10.2 Å². The second kappa shape index (κ2) is 6.55. The van der Waals surface area contributed by atoms with Crippen LogP contribution in [0.4, 0.5) is 11.5 Å². The average Bonchev–Trinajstić information content (AvgIpc) is 2.93. The topological polar surface area (TPSA) is 63.1 Å². The van der Waals surface area contributed by atoms with E-state index in [0.717, 1.165) is 29.0 Å². The van der Waals surface area contributed by atoms with E-state index in [4.69, 9.17) is 0 Å². The molecule has 130 valence electrons. The van der Waals surface area contributed by atoms with Gasteiger partial charge in [0.1, 0.15) is 23.5 Å². The fourth-order valence-electron chi connectivity index (χ4n) is 3.02. The van der Waals surface area contributed by atoms with Crippen LogP contribution in [-0.2, 0) is 13.5 Å². The summed E-state index contributed by atoms with van der Waals surface area (Å²) in [4.78, 5) is 23.3. The number of fused-ring (bicyclic) bond motifs is 1. The van der Waals surface area contributed by atoms with E-state index in [1.54, 1.807) is 4.57 Å². The summed E-state index contributed by atoms with van der Waals surface area (Å²) in [5, 5.41) is 3.85. The van der Waals surface area contributed by atoms with Crippen molar-refractivity contribution in [2.24, 2.45) is 7.05 Å². The Morgan fingerprint density at radius 3 is 2.68 bits per heavy atom. The molecule has 0 saturated heterocycles. The van der Waals surface area contributed by atoms with Crippen molar-refractivity contribution in [2.45, 2.75) is 20.3 Å². The highest BCUT2D eigenvalue weighted by molar-refractivity contribution is 6.07. The maximum atomic E-state index is 12.8. The van der Waals surface area contributed by atoms with Crippen LogP contribution in [0.5, 0.6) is 0 Å². The van der Waals surface area contributed by atoms with Crippen molar-refractivity contribution in [2.75, 3.05) is 24.3 Å². The van der Waals surface area contributed by atoms with E-state index in [1.807, 2.05) is 50.3 Å². The highest BCUT2D eigenvalue weighted by Gasteiger charge is 2.18. The molecule has 2 aromatic heterocycles. The van der Waals surface area contributed by atoms with Gasteiger partial charge in [-0.3, -0.25) is 4.79 Å². The van der Waals surface area contributed by atoms with E-state index < -0.39 is 0 Å². The number of carbonyl (C=O) groups excluding carboxylic acids is 1. The summed E-state index contributed by atoms with van der Waals surface area (Å²) in [5.41, 5.74) is 4.56. The minimum atomic E-state index is -0.156. The number of hydrogen-bond acceptors (Lipinski definition) is 4. The van der Waals surface area contributed by atoms with Crippen molar-refractivity contribution in [3.63, 3.8) is 0 Å². The first-order chi connectivity index (χ1) is 11.9. The van der Waals surface area contributed by atoms with E-state index in [2.05, 4.69) is 29.1 Å². The molecule has 0 unspecified atom stereocenters. The molecule has 3 aromatic rings. The number of aromatic nitrogens is 3. The Morgan fingerprint density at radius 1 is 1.24 bits per heavy atom. The number of benzene rings is 1. The first-order valence-corrected chi connectivity index (χ1v) is 8.31. The molecule has 1 aromatic carbocycles. The fourth-order valence-corrected chi connectivity index (χ4v) is 3.02. The van der Waals surface area contributed by atoms with Crippen molar-refractivity contribution < 1.29 is 4.79 Å². The van der Waals surface area contributed by atoms with Gasteiger partial charge in [-0.15, -0.1) is 0 Å². The van der Waals surface area contributed by atoms with E-state index in [0.29, 0.717) is 5.69 Å². The van der Waals surface area contributed by atoms with Crippen LogP contribution in [0, 0.1) is 6.92 Å². The van der Waals surface area contributed by atoms with Crippen molar-refractivity contribution in [3.8, 4) is 0 Å². The highest BCUT2D eigenvalue weighted by Crippen LogP contribution is 2.25. The van der Waals surface area contributed by atoms with E-state index >= 15 is 0 Å². The molecule has 2 heterocycles. The van der Waals surface area contributed by atoms with Gasteiger partial charge in [0.2, 0.25) is 0 Å². The monoisotopic (exact) mass is 337 g/mol. The predicted molar refractivity (Wildman–Crippen MR) is 101 cm³/mol. The van der Waals surface area contributed by atoms with Gasteiger partial charge in [0.05, 0.1) is 5.39 Å². The minimum Gasteiger partial charge on any atom is -0.362 e. The number of rotatable bonds is 4. The molecule has 0 fully saturated rings. The molecule has 1 amide bonds. The number of hydrogen-bond donors (Lipinski definition) is 1. The maximum absolute atomic E-state index is 12.8. The minimum absolute atomic E-state index is 0.156. The molecule has 0 aliphatic heterocycles. The zero-order valence-electron chi connectivity index (χ0n) is 15.3. The van der Waals surface area contributed by atoms with Gasteiger partial charge in [0.15, 0.2) is 0 Å². The van der Waals surface area contributed by atoms with Gasteiger partial charge in [0, 0.05) is 26.8 Å². The predicted octanol–water partition coefficient (Wildman–Crippen LogP) is 3.16. The molecule has 0 aliphatic rings. The normalized spacial score (nSPS) is 10.9. The number of nitrogens with zero attached hydrogens (tertiary/aromatic N) is 4. The van der Waals surface area contributed by atoms with Gasteiger partial charge in [-0.2, -0.15) is 0 Å². The van der Waals surface area contributed by atoms with Gasteiger partial charge in [0.25, 0.3) is 5.91 Å². The Hall–Kier alpha value is -2.89. The van der Waals surface area contributed by atoms with Crippen molar-refractivity contribution in [3.05, 3.63) is 47.4 Å².